The third kappa shape index (κ3) is 1.92. The first kappa shape index (κ1) is 14.8. The van der Waals surface area contributed by atoms with Crippen LogP contribution in [0.1, 0.15) is 38.2 Å². The molecule has 2 bridgehead atoms. The summed E-state index contributed by atoms with van der Waals surface area (Å²) in [6.07, 6.45) is 4.26. The molecule has 21 heavy (non-hydrogen) atoms. The van der Waals surface area contributed by atoms with Crippen molar-refractivity contribution in [2.75, 3.05) is 13.7 Å². The highest BCUT2D eigenvalue weighted by Gasteiger charge is 2.60. The SMILES string of the molecule is COc1cccc(F)c1C(C)(O)C1(CN)CC2CCC1C2. The second-order valence-corrected chi connectivity index (χ2v) is 6.83. The van der Waals surface area contributed by atoms with E-state index in [1.807, 2.05) is 0 Å². The predicted molar refractivity (Wildman–Crippen MR) is 79.5 cm³/mol. The molecule has 1 aromatic carbocycles. The smallest absolute Gasteiger partial charge is 0.133 e. The summed E-state index contributed by atoms with van der Waals surface area (Å²) in [6, 6.07) is 4.68. The molecular weight excluding hydrogens is 269 g/mol. The van der Waals surface area contributed by atoms with Crippen molar-refractivity contribution in [1.29, 1.82) is 0 Å². The molecule has 0 saturated heterocycles. The van der Waals surface area contributed by atoms with Crippen LogP contribution in [0.25, 0.3) is 0 Å². The first-order valence-corrected chi connectivity index (χ1v) is 7.71. The van der Waals surface area contributed by atoms with Crippen LogP contribution >= 0.6 is 0 Å². The fourth-order valence-electron chi connectivity index (χ4n) is 4.88. The van der Waals surface area contributed by atoms with Crippen molar-refractivity contribution < 1.29 is 14.2 Å². The molecule has 0 spiro atoms. The number of rotatable bonds is 4. The molecule has 3 rings (SSSR count). The van der Waals surface area contributed by atoms with Crippen molar-refractivity contribution in [2.45, 2.75) is 38.2 Å². The molecule has 2 saturated carbocycles. The van der Waals surface area contributed by atoms with Crippen LogP contribution in [0, 0.1) is 23.1 Å². The maximum absolute atomic E-state index is 14.5. The van der Waals surface area contributed by atoms with Gasteiger partial charge in [-0.2, -0.15) is 0 Å². The van der Waals surface area contributed by atoms with Crippen LogP contribution in [-0.2, 0) is 5.60 Å². The number of ether oxygens (including phenoxy) is 1. The molecule has 4 heteroatoms. The minimum atomic E-state index is -1.32. The summed E-state index contributed by atoms with van der Waals surface area (Å²) >= 11 is 0. The Hall–Kier alpha value is -1.13. The zero-order chi connectivity index (χ0) is 15.3. The van der Waals surface area contributed by atoms with Gasteiger partial charge >= 0.3 is 0 Å². The summed E-state index contributed by atoms with van der Waals surface area (Å²) in [4.78, 5) is 0. The molecule has 4 unspecified atom stereocenters. The minimum Gasteiger partial charge on any atom is -0.496 e. The first-order chi connectivity index (χ1) is 9.96. The van der Waals surface area contributed by atoms with E-state index in [2.05, 4.69) is 0 Å². The van der Waals surface area contributed by atoms with Crippen molar-refractivity contribution >= 4 is 0 Å². The van der Waals surface area contributed by atoms with Gasteiger partial charge in [0.15, 0.2) is 0 Å². The molecule has 1 aromatic rings. The number of benzene rings is 1. The molecule has 0 heterocycles. The monoisotopic (exact) mass is 293 g/mol. The summed E-state index contributed by atoms with van der Waals surface area (Å²) in [5, 5.41) is 11.4. The molecule has 2 fully saturated rings. The Bertz CT molecular complexity index is 546. The van der Waals surface area contributed by atoms with Gasteiger partial charge in [-0.15, -0.1) is 0 Å². The highest BCUT2D eigenvalue weighted by Crippen LogP contribution is 2.63. The Kier molecular flexibility index (Phi) is 3.49. The number of hydrogen-bond donors (Lipinski definition) is 2. The average Bonchev–Trinajstić information content (AvgIpc) is 3.07. The summed E-state index contributed by atoms with van der Waals surface area (Å²) in [5.41, 5.74) is 4.58. The summed E-state index contributed by atoms with van der Waals surface area (Å²) in [5.74, 6) is 0.958. The molecule has 3 nitrogen and oxygen atoms in total. The average molecular weight is 293 g/mol. The summed E-state index contributed by atoms with van der Waals surface area (Å²) in [6.45, 7) is 2.08. The Morgan fingerprint density at radius 3 is 2.76 bits per heavy atom. The van der Waals surface area contributed by atoms with Crippen LogP contribution in [-0.4, -0.2) is 18.8 Å². The molecule has 2 aliphatic carbocycles. The Morgan fingerprint density at radius 2 is 2.24 bits per heavy atom. The van der Waals surface area contributed by atoms with Gasteiger partial charge in [-0.3, -0.25) is 0 Å². The van der Waals surface area contributed by atoms with E-state index in [0.717, 1.165) is 19.3 Å². The molecule has 4 atom stereocenters. The summed E-state index contributed by atoms with van der Waals surface area (Å²) in [7, 11) is 1.50. The van der Waals surface area contributed by atoms with E-state index < -0.39 is 16.8 Å². The van der Waals surface area contributed by atoms with E-state index in [0.29, 0.717) is 24.1 Å². The maximum atomic E-state index is 14.5. The largest absolute Gasteiger partial charge is 0.496 e. The van der Waals surface area contributed by atoms with Crippen molar-refractivity contribution in [3.8, 4) is 5.75 Å². The number of halogens is 1. The van der Waals surface area contributed by atoms with Gasteiger partial charge in [0.1, 0.15) is 17.2 Å². The van der Waals surface area contributed by atoms with E-state index in [1.54, 1.807) is 19.1 Å². The molecular formula is C17H24FNO2. The number of fused-ring (bicyclic) bond motifs is 2. The molecule has 0 amide bonds. The number of aliphatic hydroxyl groups is 1. The van der Waals surface area contributed by atoms with Gasteiger partial charge in [0, 0.05) is 12.0 Å². The highest BCUT2D eigenvalue weighted by atomic mass is 19.1. The molecule has 116 valence electrons. The van der Waals surface area contributed by atoms with Crippen molar-refractivity contribution in [3.05, 3.63) is 29.6 Å². The van der Waals surface area contributed by atoms with Gasteiger partial charge in [-0.1, -0.05) is 12.5 Å². The lowest BCUT2D eigenvalue weighted by Crippen LogP contribution is -2.52. The van der Waals surface area contributed by atoms with Gasteiger partial charge in [0.25, 0.3) is 0 Å². The maximum Gasteiger partial charge on any atom is 0.133 e. The lowest BCUT2D eigenvalue weighted by Gasteiger charge is -2.48. The molecule has 0 aromatic heterocycles. The summed E-state index contributed by atoms with van der Waals surface area (Å²) < 4.78 is 19.8. The van der Waals surface area contributed by atoms with Crippen molar-refractivity contribution in [3.63, 3.8) is 0 Å². The second kappa shape index (κ2) is 4.96. The van der Waals surface area contributed by atoms with Gasteiger partial charge in [0.2, 0.25) is 0 Å². The number of hydrogen-bond acceptors (Lipinski definition) is 3. The predicted octanol–water partition coefficient (Wildman–Crippen LogP) is 2.81. The van der Waals surface area contributed by atoms with Crippen LogP contribution in [0.2, 0.25) is 0 Å². The van der Waals surface area contributed by atoms with Gasteiger partial charge < -0.3 is 15.6 Å². The van der Waals surface area contributed by atoms with Crippen LogP contribution < -0.4 is 10.5 Å². The van der Waals surface area contributed by atoms with Crippen LogP contribution in [0.4, 0.5) is 4.39 Å². The van der Waals surface area contributed by atoms with E-state index in [4.69, 9.17) is 10.5 Å². The van der Waals surface area contributed by atoms with Crippen molar-refractivity contribution in [2.24, 2.45) is 23.0 Å². The normalized spacial score (nSPS) is 34.0. The standard InChI is InChI=1S/C17H24FNO2/c1-16(20,15-13(18)4-3-5-14(15)21-2)17(10-19)9-11-6-7-12(17)8-11/h3-5,11-12,20H,6-10,19H2,1-2H3. The third-order valence-corrected chi connectivity index (χ3v) is 5.99. The van der Waals surface area contributed by atoms with E-state index in [9.17, 15) is 9.50 Å². The lowest BCUT2D eigenvalue weighted by molar-refractivity contribution is -0.106. The van der Waals surface area contributed by atoms with Gasteiger partial charge in [-0.05, 0) is 50.2 Å². The van der Waals surface area contributed by atoms with Crippen molar-refractivity contribution in [1.82, 2.24) is 0 Å². The molecule has 3 N–H and O–H groups in total. The Balaban J connectivity index is 2.12. The Labute approximate surface area is 125 Å². The number of methoxy groups -OCH3 is 1. The first-order valence-electron chi connectivity index (χ1n) is 7.71. The minimum absolute atomic E-state index is 0.255. The topological polar surface area (TPSA) is 55.5 Å². The second-order valence-electron chi connectivity index (χ2n) is 6.83. The quantitative estimate of drug-likeness (QED) is 0.897. The van der Waals surface area contributed by atoms with Gasteiger partial charge in [-0.25, -0.2) is 4.39 Å². The Morgan fingerprint density at radius 1 is 1.48 bits per heavy atom. The van der Waals surface area contributed by atoms with Gasteiger partial charge in [0.05, 0.1) is 12.7 Å². The molecule has 0 radical (unpaired) electrons. The van der Waals surface area contributed by atoms with E-state index in [1.165, 1.54) is 19.6 Å². The third-order valence-electron chi connectivity index (χ3n) is 5.99. The van der Waals surface area contributed by atoms with Crippen LogP contribution in [0.15, 0.2) is 18.2 Å². The lowest BCUT2D eigenvalue weighted by atomic mass is 9.60. The number of nitrogens with two attached hydrogens (primary N) is 1. The van der Waals surface area contributed by atoms with E-state index in [-0.39, 0.29) is 5.56 Å². The molecule has 2 aliphatic rings. The zero-order valence-electron chi connectivity index (χ0n) is 12.7. The fourth-order valence-corrected chi connectivity index (χ4v) is 4.88. The fraction of sp³-hybridized carbons (Fsp3) is 0.647. The van der Waals surface area contributed by atoms with Crippen LogP contribution in [0.3, 0.4) is 0 Å². The zero-order valence-corrected chi connectivity index (χ0v) is 12.7. The molecule has 0 aliphatic heterocycles. The van der Waals surface area contributed by atoms with E-state index >= 15 is 0 Å². The highest BCUT2D eigenvalue weighted by molar-refractivity contribution is 5.41. The van der Waals surface area contributed by atoms with Crippen LogP contribution in [0.5, 0.6) is 5.75 Å².